The van der Waals surface area contributed by atoms with E-state index in [2.05, 4.69) is 0 Å². The van der Waals surface area contributed by atoms with Crippen LogP contribution < -0.4 is 0 Å². The van der Waals surface area contributed by atoms with Crippen LogP contribution >= 0.6 is 11.6 Å². The van der Waals surface area contributed by atoms with Gasteiger partial charge in [-0.1, -0.05) is 78.3 Å². The van der Waals surface area contributed by atoms with Gasteiger partial charge in [-0.2, -0.15) is 0 Å². The third-order valence-corrected chi connectivity index (χ3v) is 5.03. The van der Waals surface area contributed by atoms with E-state index in [-0.39, 0.29) is 5.78 Å². The van der Waals surface area contributed by atoms with E-state index in [9.17, 15) is 4.79 Å². The lowest BCUT2D eigenvalue weighted by Crippen LogP contribution is -1.97. The summed E-state index contributed by atoms with van der Waals surface area (Å²) >= 11 is 6.25. The Kier molecular flexibility index (Phi) is 3.34. The first-order valence-electron chi connectivity index (χ1n) is 8.45. The van der Waals surface area contributed by atoms with Crippen LogP contribution in [0.1, 0.15) is 21.6 Å². The number of nitrogens with zero attached hydrogens (tertiary/aromatic N) is 1. The Labute approximate surface area is 156 Å². The van der Waals surface area contributed by atoms with Crippen LogP contribution in [-0.2, 0) is 0 Å². The van der Waals surface area contributed by atoms with Gasteiger partial charge < -0.3 is 4.57 Å². The molecule has 0 bridgehead atoms. The molecule has 0 saturated heterocycles. The molecule has 0 N–H and O–H groups in total. The van der Waals surface area contributed by atoms with E-state index in [4.69, 9.17) is 11.6 Å². The maximum absolute atomic E-state index is 13.3. The molecule has 1 aromatic heterocycles. The molecular formula is C23H14ClNO. The van der Waals surface area contributed by atoms with Crippen LogP contribution in [-0.4, -0.2) is 10.4 Å². The third-order valence-electron chi connectivity index (χ3n) is 4.80. The van der Waals surface area contributed by atoms with Gasteiger partial charge in [-0.15, -0.1) is 0 Å². The van der Waals surface area contributed by atoms with E-state index in [0.29, 0.717) is 10.7 Å². The van der Waals surface area contributed by atoms with Crippen molar-refractivity contribution in [2.24, 2.45) is 0 Å². The summed E-state index contributed by atoms with van der Waals surface area (Å²) < 4.78 is 2.04. The molecule has 1 aliphatic heterocycles. The van der Waals surface area contributed by atoms with E-state index >= 15 is 0 Å². The molecule has 0 amide bonds. The first-order chi connectivity index (χ1) is 12.7. The third kappa shape index (κ3) is 2.16. The van der Waals surface area contributed by atoms with Crippen LogP contribution in [0.15, 0.2) is 84.9 Å². The van der Waals surface area contributed by atoms with E-state index < -0.39 is 0 Å². The standard InChI is InChI=1S/C23H14ClNO/c24-18-12-11-17-13-20-23(26)21(15-7-3-1-4-8-15)22(25(20)19(17)14-18)16-9-5-2-6-10-16/h1-14H. The van der Waals surface area contributed by atoms with Crippen molar-refractivity contribution in [1.29, 1.82) is 0 Å². The summed E-state index contributed by atoms with van der Waals surface area (Å²) in [5.74, 6) is 0.0439. The second-order valence-corrected chi connectivity index (χ2v) is 6.79. The van der Waals surface area contributed by atoms with Crippen molar-refractivity contribution in [2.45, 2.75) is 0 Å². The lowest BCUT2D eigenvalue weighted by Gasteiger charge is -2.11. The van der Waals surface area contributed by atoms with Crippen LogP contribution in [0.4, 0.5) is 0 Å². The molecule has 3 heteroatoms. The largest absolute Gasteiger partial charge is 0.305 e. The number of carbonyl (C=O) groups excluding carboxylic acids is 1. The normalized spacial score (nSPS) is 13.5. The summed E-state index contributed by atoms with van der Waals surface area (Å²) in [7, 11) is 0. The summed E-state index contributed by atoms with van der Waals surface area (Å²) in [6, 6.07) is 27.6. The molecule has 1 aliphatic rings. The van der Waals surface area contributed by atoms with Crippen molar-refractivity contribution >= 4 is 39.6 Å². The van der Waals surface area contributed by atoms with Gasteiger partial charge in [-0.3, -0.25) is 4.79 Å². The van der Waals surface area contributed by atoms with Gasteiger partial charge >= 0.3 is 0 Å². The maximum atomic E-state index is 13.3. The predicted octanol–water partition coefficient (Wildman–Crippen LogP) is 5.91. The molecule has 0 aliphatic carbocycles. The van der Waals surface area contributed by atoms with Crippen LogP contribution in [0.2, 0.25) is 5.02 Å². The highest BCUT2D eigenvalue weighted by Gasteiger charge is 2.33. The Balaban J connectivity index is 1.91. The van der Waals surface area contributed by atoms with Gasteiger partial charge in [0.2, 0.25) is 5.78 Å². The molecule has 4 aromatic rings. The number of rotatable bonds is 2. The van der Waals surface area contributed by atoms with Gasteiger partial charge in [0.25, 0.3) is 0 Å². The fourth-order valence-electron chi connectivity index (χ4n) is 3.67. The number of Topliss-reactive ketones (excluding diaryl/α,β-unsaturated/α-hetero) is 1. The fraction of sp³-hybridized carbons (Fsp3) is 0. The summed E-state index contributed by atoms with van der Waals surface area (Å²) in [5.41, 5.74) is 5.21. The number of fused-ring (bicyclic) bond motifs is 3. The minimum atomic E-state index is 0.0439. The van der Waals surface area contributed by atoms with Gasteiger partial charge in [0, 0.05) is 10.4 Å². The monoisotopic (exact) mass is 355 g/mol. The van der Waals surface area contributed by atoms with E-state index in [0.717, 1.165) is 33.3 Å². The second-order valence-electron chi connectivity index (χ2n) is 6.35. The Morgan fingerprint density at radius 2 is 1.38 bits per heavy atom. The summed E-state index contributed by atoms with van der Waals surface area (Å²) in [5, 5.41) is 1.67. The molecule has 124 valence electrons. The Morgan fingerprint density at radius 1 is 0.731 bits per heavy atom. The number of allylic oxidation sites excluding steroid dienone is 1. The van der Waals surface area contributed by atoms with E-state index in [1.807, 2.05) is 89.5 Å². The highest BCUT2D eigenvalue weighted by atomic mass is 35.5. The van der Waals surface area contributed by atoms with Crippen molar-refractivity contribution in [3.63, 3.8) is 0 Å². The molecule has 2 nitrogen and oxygen atoms in total. The molecule has 0 atom stereocenters. The first-order valence-corrected chi connectivity index (χ1v) is 8.83. The van der Waals surface area contributed by atoms with Gasteiger partial charge in [0.05, 0.1) is 22.5 Å². The van der Waals surface area contributed by atoms with Crippen molar-refractivity contribution in [2.75, 3.05) is 0 Å². The lowest BCUT2D eigenvalue weighted by molar-refractivity contribution is 0.105. The molecular weight excluding hydrogens is 342 g/mol. The fourth-order valence-corrected chi connectivity index (χ4v) is 3.84. The second kappa shape index (κ2) is 5.72. The average molecular weight is 356 g/mol. The number of aromatic nitrogens is 1. The zero-order valence-electron chi connectivity index (χ0n) is 13.8. The molecule has 0 fully saturated rings. The molecule has 3 aromatic carbocycles. The Morgan fingerprint density at radius 3 is 2.08 bits per heavy atom. The number of halogens is 1. The number of hydrogen-bond donors (Lipinski definition) is 0. The topological polar surface area (TPSA) is 22.0 Å². The Hall–Kier alpha value is -3.10. The molecule has 26 heavy (non-hydrogen) atoms. The van der Waals surface area contributed by atoms with Crippen molar-refractivity contribution < 1.29 is 4.79 Å². The number of benzene rings is 3. The quantitative estimate of drug-likeness (QED) is 0.438. The summed E-state index contributed by atoms with van der Waals surface area (Å²) in [6.07, 6.45) is 0. The van der Waals surface area contributed by atoms with Gasteiger partial charge in [-0.05, 0) is 29.3 Å². The summed E-state index contributed by atoms with van der Waals surface area (Å²) in [6.45, 7) is 0. The molecule has 0 radical (unpaired) electrons. The van der Waals surface area contributed by atoms with Crippen LogP contribution in [0.25, 0.3) is 22.2 Å². The van der Waals surface area contributed by atoms with Gasteiger partial charge in [-0.25, -0.2) is 0 Å². The van der Waals surface area contributed by atoms with Gasteiger partial charge in [0.15, 0.2) is 0 Å². The summed E-state index contributed by atoms with van der Waals surface area (Å²) in [4.78, 5) is 13.3. The van der Waals surface area contributed by atoms with Crippen LogP contribution in [0, 0.1) is 0 Å². The van der Waals surface area contributed by atoms with Crippen molar-refractivity contribution in [1.82, 2.24) is 4.57 Å². The highest BCUT2D eigenvalue weighted by molar-refractivity contribution is 6.39. The average Bonchev–Trinajstić information content (AvgIpc) is 3.18. The SMILES string of the molecule is O=C1C(c2ccccc2)=C(c2ccccc2)n2c1cc1ccc(Cl)cc12. The van der Waals surface area contributed by atoms with Gasteiger partial charge in [0.1, 0.15) is 0 Å². The number of carbonyl (C=O) groups is 1. The molecule has 0 unspecified atom stereocenters. The van der Waals surface area contributed by atoms with E-state index in [1.165, 1.54) is 0 Å². The number of hydrogen-bond acceptors (Lipinski definition) is 1. The number of ketones is 1. The van der Waals surface area contributed by atoms with Crippen LogP contribution in [0.3, 0.4) is 0 Å². The molecule has 5 rings (SSSR count). The zero-order valence-corrected chi connectivity index (χ0v) is 14.6. The smallest absolute Gasteiger partial charge is 0.212 e. The first kappa shape index (κ1) is 15.2. The van der Waals surface area contributed by atoms with E-state index in [1.54, 1.807) is 0 Å². The zero-order chi connectivity index (χ0) is 17.7. The van der Waals surface area contributed by atoms with Crippen molar-refractivity contribution in [3.05, 3.63) is 107 Å². The Bertz CT molecular complexity index is 1190. The molecule has 2 heterocycles. The molecule has 0 saturated carbocycles. The highest BCUT2D eigenvalue weighted by Crippen LogP contribution is 2.41. The minimum Gasteiger partial charge on any atom is -0.305 e. The van der Waals surface area contributed by atoms with Crippen molar-refractivity contribution in [3.8, 4) is 0 Å². The maximum Gasteiger partial charge on any atom is 0.212 e. The lowest BCUT2D eigenvalue weighted by atomic mass is 9.97. The predicted molar refractivity (Wildman–Crippen MR) is 106 cm³/mol. The van der Waals surface area contributed by atoms with Crippen LogP contribution in [0.5, 0.6) is 0 Å². The minimum absolute atomic E-state index is 0.0439. The molecule has 0 spiro atoms.